The molecule has 2 rings (SSSR count). The minimum Gasteiger partial charge on any atom is -0.230 e. The Morgan fingerprint density at radius 2 is 1.65 bits per heavy atom. The third-order valence-corrected chi connectivity index (χ3v) is 4.12. The van der Waals surface area contributed by atoms with Gasteiger partial charge >= 0.3 is 0 Å². The molecule has 0 aliphatic carbocycles. The van der Waals surface area contributed by atoms with Crippen molar-refractivity contribution in [3.05, 3.63) is 30.1 Å². The van der Waals surface area contributed by atoms with Gasteiger partial charge in [0.1, 0.15) is 5.82 Å². The molecule has 4 nitrogen and oxygen atoms in total. The van der Waals surface area contributed by atoms with E-state index in [1.807, 2.05) is 0 Å². The molecule has 0 aromatic heterocycles. The molecule has 1 N–H and O–H groups in total. The highest BCUT2D eigenvalue weighted by Crippen LogP contribution is 2.12. The van der Waals surface area contributed by atoms with Gasteiger partial charge in [-0.15, -0.1) is 4.83 Å². The molecule has 0 radical (unpaired) electrons. The van der Waals surface area contributed by atoms with Crippen molar-refractivity contribution < 1.29 is 12.8 Å². The molecule has 1 aromatic rings. The summed E-state index contributed by atoms with van der Waals surface area (Å²) in [5.74, 6) is -0.443. The van der Waals surface area contributed by atoms with Gasteiger partial charge in [-0.3, -0.25) is 0 Å². The van der Waals surface area contributed by atoms with E-state index in [1.165, 1.54) is 12.1 Å². The standard InChI is InChI=1S/C11H15FN2O2S/c12-10-4-6-11(7-5-10)17(15,16)13-14-8-2-1-3-9-14/h4-7,13H,1-3,8-9H2. The van der Waals surface area contributed by atoms with Crippen molar-refractivity contribution in [2.24, 2.45) is 0 Å². The van der Waals surface area contributed by atoms with E-state index in [1.54, 1.807) is 5.01 Å². The summed E-state index contributed by atoms with van der Waals surface area (Å²) in [6.07, 6.45) is 3.12. The van der Waals surface area contributed by atoms with Crippen molar-refractivity contribution in [1.29, 1.82) is 0 Å². The summed E-state index contributed by atoms with van der Waals surface area (Å²) >= 11 is 0. The topological polar surface area (TPSA) is 49.4 Å². The van der Waals surface area contributed by atoms with Gasteiger partial charge in [-0.1, -0.05) is 6.42 Å². The molecule has 1 saturated heterocycles. The van der Waals surface area contributed by atoms with Crippen LogP contribution in [0.5, 0.6) is 0 Å². The van der Waals surface area contributed by atoms with E-state index in [0.29, 0.717) is 0 Å². The van der Waals surface area contributed by atoms with Gasteiger partial charge in [0.2, 0.25) is 0 Å². The van der Waals surface area contributed by atoms with Gasteiger partial charge in [0, 0.05) is 13.1 Å². The normalized spacial score (nSPS) is 18.2. The van der Waals surface area contributed by atoms with Crippen molar-refractivity contribution in [3.63, 3.8) is 0 Å². The van der Waals surface area contributed by atoms with Crippen LogP contribution in [0.1, 0.15) is 19.3 Å². The van der Waals surface area contributed by atoms with Gasteiger partial charge in [-0.05, 0) is 37.1 Å². The second-order valence-electron chi connectivity index (χ2n) is 4.10. The molecule has 1 fully saturated rings. The number of nitrogens with one attached hydrogen (secondary N) is 1. The highest BCUT2D eigenvalue weighted by atomic mass is 32.2. The molecule has 17 heavy (non-hydrogen) atoms. The smallest absolute Gasteiger partial charge is 0.230 e. The first-order chi connectivity index (χ1) is 8.08. The third-order valence-electron chi connectivity index (χ3n) is 2.73. The van der Waals surface area contributed by atoms with Crippen LogP contribution in [-0.2, 0) is 10.0 Å². The quantitative estimate of drug-likeness (QED) is 0.894. The van der Waals surface area contributed by atoms with Crippen LogP contribution in [-0.4, -0.2) is 26.5 Å². The van der Waals surface area contributed by atoms with E-state index in [0.717, 1.165) is 44.5 Å². The van der Waals surface area contributed by atoms with Crippen molar-refractivity contribution in [2.75, 3.05) is 13.1 Å². The monoisotopic (exact) mass is 258 g/mol. The Kier molecular flexibility index (Phi) is 3.76. The van der Waals surface area contributed by atoms with Gasteiger partial charge in [-0.2, -0.15) is 0 Å². The summed E-state index contributed by atoms with van der Waals surface area (Å²) in [5, 5.41) is 1.70. The fourth-order valence-electron chi connectivity index (χ4n) is 1.82. The van der Waals surface area contributed by atoms with Gasteiger partial charge in [0.25, 0.3) is 10.0 Å². The molecule has 1 aromatic carbocycles. The maximum atomic E-state index is 12.7. The first-order valence-corrected chi connectivity index (χ1v) is 7.09. The van der Waals surface area contributed by atoms with Crippen molar-refractivity contribution >= 4 is 10.0 Å². The molecule has 1 aliphatic rings. The van der Waals surface area contributed by atoms with Crippen LogP contribution in [0, 0.1) is 5.82 Å². The average molecular weight is 258 g/mol. The number of halogens is 1. The van der Waals surface area contributed by atoms with Gasteiger partial charge in [0.15, 0.2) is 0 Å². The van der Waals surface area contributed by atoms with Crippen LogP contribution in [0.25, 0.3) is 0 Å². The molecule has 0 bridgehead atoms. The summed E-state index contributed by atoms with van der Waals surface area (Å²) in [4.78, 5) is 2.60. The summed E-state index contributed by atoms with van der Waals surface area (Å²) in [6.45, 7) is 1.45. The number of hydrogen-bond donors (Lipinski definition) is 1. The zero-order valence-corrected chi connectivity index (χ0v) is 10.2. The third kappa shape index (κ3) is 3.24. The Labute approximate surface area is 100 Å². The van der Waals surface area contributed by atoms with Crippen molar-refractivity contribution in [1.82, 2.24) is 9.84 Å². The second kappa shape index (κ2) is 5.12. The maximum absolute atomic E-state index is 12.7. The Bertz CT molecular complexity index is 467. The van der Waals surface area contributed by atoms with Gasteiger partial charge < -0.3 is 0 Å². The number of rotatable bonds is 3. The summed E-state index contributed by atoms with van der Waals surface area (Å²) < 4.78 is 36.6. The number of sulfonamides is 1. The first kappa shape index (κ1) is 12.5. The lowest BCUT2D eigenvalue weighted by atomic mass is 10.2. The van der Waals surface area contributed by atoms with E-state index in [4.69, 9.17) is 0 Å². The summed E-state index contributed by atoms with van der Waals surface area (Å²) in [6, 6.07) is 4.82. The van der Waals surface area contributed by atoms with Crippen LogP contribution in [0.15, 0.2) is 29.2 Å². The molecule has 0 saturated carbocycles. The van der Waals surface area contributed by atoms with Crippen LogP contribution in [0.3, 0.4) is 0 Å². The van der Waals surface area contributed by atoms with E-state index < -0.39 is 15.8 Å². The van der Waals surface area contributed by atoms with E-state index in [9.17, 15) is 12.8 Å². The first-order valence-electron chi connectivity index (χ1n) is 5.61. The minimum atomic E-state index is -3.57. The lowest BCUT2D eigenvalue weighted by Gasteiger charge is -2.26. The fourth-order valence-corrected chi connectivity index (χ4v) is 2.94. The van der Waals surface area contributed by atoms with Crippen molar-refractivity contribution in [3.8, 4) is 0 Å². The van der Waals surface area contributed by atoms with Crippen LogP contribution in [0.4, 0.5) is 4.39 Å². The predicted molar refractivity (Wildman–Crippen MR) is 62.1 cm³/mol. The second-order valence-corrected chi connectivity index (χ2v) is 5.76. The van der Waals surface area contributed by atoms with Crippen molar-refractivity contribution in [2.45, 2.75) is 24.2 Å². The Balaban J connectivity index is 2.10. The van der Waals surface area contributed by atoms with Gasteiger partial charge in [0.05, 0.1) is 4.90 Å². The van der Waals surface area contributed by atoms with Crippen LogP contribution < -0.4 is 4.83 Å². The zero-order valence-electron chi connectivity index (χ0n) is 9.39. The van der Waals surface area contributed by atoms with E-state index in [2.05, 4.69) is 4.83 Å². The van der Waals surface area contributed by atoms with Crippen LogP contribution >= 0.6 is 0 Å². The molecule has 0 unspecified atom stereocenters. The number of piperidine rings is 1. The van der Waals surface area contributed by atoms with E-state index >= 15 is 0 Å². The molecule has 1 heterocycles. The lowest BCUT2D eigenvalue weighted by molar-refractivity contribution is 0.200. The Hall–Kier alpha value is -0.980. The Morgan fingerprint density at radius 1 is 1.06 bits per heavy atom. The number of hydrazine groups is 1. The number of nitrogens with zero attached hydrogens (tertiary/aromatic N) is 1. The molecular weight excluding hydrogens is 243 g/mol. The molecule has 0 atom stereocenters. The molecule has 0 amide bonds. The predicted octanol–water partition coefficient (Wildman–Crippen LogP) is 1.50. The van der Waals surface area contributed by atoms with Crippen LogP contribution in [0.2, 0.25) is 0 Å². The largest absolute Gasteiger partial charge is 0.253 e. The molecular formula is C11H15FN2O2S. The molecule has 0 spiro atoms. The fraction of sp³-hybridized carbons (Fsp3) is 0.455. The lowest BCUT2D eigenvalue weighted by Crippen LogP contribution is -2.44. The number of hydrogen-bond acceptors (Lipinski definition) is 3. The SMILES string of the molecule is O=S(=O)(NN1CCCCC1)c1ccc(F)cc1. The number of benzene rings is 1. The molecule has 94 valence electrons. The highest BCUT2D eigenvalue weighted by molar-refractivity contribution is 7.89. The minimum absolute atomic E-state index is 0.0875. The highest BCUT2D eigenvalue weighted by Gasteiger charge is 2.19. The maximum Gasteiger partial charge on any atom is 0.253 e. The summed E-state index contributed by atoms with van der Waals surface area (Å²) in [7, 11) is -3.57. The van der Waals surface area contributed by atoms with Gasteiger partial charge in [-0.25, -0.2) is 17.8 Å². The Morgan fingerprint density at radius 3 is 2.24 bits per heavy atom. The summed E-state index contributed by atoms with van der Waals surface area (Å²) in [5.41, 5.74) is 0. The average Bonchev–Trinajstić information content (AvgIpc) is 2.30. The molecule has 6 heteroatoms. The van der Waals surface area contributed by atoms with E-state index in [-0.39, 0.29) is 4.90 Å². The zero-order chi connectivity index (χ0) is 12.3. The molecule has 1 aliphatic heterocycles.